The highest BCUT2D eigenvalue weighted by Crippen LogP contribution is 2.27. The fraction of sp³-hybridized carbons (Fsp3) is 0.222. The monoisotopic (exact) mass is 388 g/mol. The minimum absolute atomic E-state index is 0.0349. The summed E-state index contributed by atoms with van der Waals surface area (Å²) in [4.78, 5) is 19.9. The molecule has 3 aromatic rings. The van der Waals surface area contributed by atoms with Crippen molar-refractivity contribution in [2.75, 3.05) is 11.9 Å². The molecule has 1 aliphatic heterocycles. The van der Waals surface area contributed by atoms with Crippen LogP contribution in [0.15, 0.2) is 53.4 Å². The van der Waals surface area contributed by atoms with Crippen LogP contribution in [0.4, 0.5) is 10.3 Å². The lowest BCUT2D eigenvalue weighted by molar-refractivity contribution is -0.119. The number of H-pyrrole nitrogens is 1. The highest BCUT2D eigenvalue weighted by Gasteiger charge is 2.39. The fourth-order valence-electron chi connectivity index (χ4n) is 3.24. The number of aromatic nitrogens is 2. The topological polar surface area (TPSA) is 95.2 Å². The molecular formula is C18H17FN4O3S. The Bertz CT molecular complexity index is 1060. The van der Waals surface area contributed by atoms with E-state index in [2.05, 4.69) is 15.3 Å². The van der Waals surface area contributed by atoms with Crippen LogP contribution in [-0.2, 0) is 14.8 Å². The third kappa shape index (κ3) is 3.31. The van der Waals surface area contributed by atoms with E-state index in [1.807, 2.05) is 24.3 Å². The van der Waals surface area contributed by atoms with Crippen molar-refractivity contribution in [2.24, 2.45) is 0 Å². The molecule has 1 aromatic heterocycles. The molecule has 1 unspecified atom stereocenters. The Hall–Kier alpha value is -2.78. The molecule has 2 aromatic carbocycles. The minimum atomic E-state index is -3.89. The third-order valence-corrected chi connectivity index (χ3v) is 6.48. The van der Waals surface area contributed by atoms with Gasteiger partial charge in [-0.2, -0.15) is 4.31 Å². The third-order valence-electron chi connectivity index (χ3n) is 4.56. The van der Waals surface area contributed by atoms with Crippen LogP contribution in [0.25, 0.3) is 11.0 Å². The predicted molar refractivity (Wildman–Crippen MR) is 98.0 cm³/mol. The molecule has 9 heteroatoms. The molecule has 0 saturated carbocycles. The molecule has 1 atom stereocenters. The summed E-state index contributed by atoms with van der Waals surface area (Å²) in [6.07, 6.45) is 0.977. The van der Waals surface area contributed by atoms with Gasteiger partial charge in [-0.15, -0.1) is 0 Å². The quantitative estimate of drug-likeness (QED) is 0.718. The Morgan fingerprint density at radius 1 is 1.19 bits per heavy atom. The van der Waals surface area contributed by atoms with Crippen LogP contribution in [0.3, 0.4) is 0 Å². The number of hydrogen-bond donors (Lipinski definition) is 2. The molecule has 0 aliphatic carbocycles. The second-order valence-electron chi connectivity index (χ2n) is 6.32. The first-order valence-electron chi connectivity index (χ1n) is 8.48. The number of nitrogens with zero attached hydrogens (tertiary/aromatic N) is 2. The highest BCUT2D eigenvalue weighted by molar-refractivity contribution is 7.89. The highest BCUT2D eigenvalue weighted by atomic mass is 32.2. The average molecular weight is 388 g/mol. The zero-order valence-electron chi connectivity index (χ0n) is 14.2. The first-order chi connectivity index (χ1) is 12.9. The Kier molecular flexibility index (Phi) is 4.40. The van der Waals surface area contributed by atoms with Crippen LogP contribution in [-0.4, -0.2) is 41.2 Å². The van der Waals surface area contributed by atoms with Gasteiger partial charge in [-0.1, -0.05) is 12.1 Å². The molecule has 2 N–H and O–H groups in total. The summed E-state index contributed by atoms with van der Waals surface area (Å²) < 4.78 is 40.0. The van der Waals surface area contributed by atoms with Crippen LogP contribution < -0.4 is 5.32 Å². The summed E-state index contributed by atoms with van der Waals surface area (Å²) in [5, 5.41) is 2.66. The van der Waals surface area contributed by atoms with Gasteiger partial charge < -0.3 is 4.98 Å². The SMILES string of the molecule is O=C(Nc1nc2ccccc2[nH]1)C1CCCN1S(=O)(=O)c1ccc(F)cc1. The maximum Gasteiger partial charge on any atom is 0.245 e. The number of aromatic amines is 1. The van der Waals surface area contributed by atoms with E-state index in [1.165, 1.54) is 12.1 Å². The number of carbonyl (C=O) groups excluding carboxylic acids is 1. The Morgan fingerprint density at radius 3 is 2.67 bits per heavy atom. The van der Waals surface area contributed by atoms with Gasteiger partial charge in [0.15, 0.2) is 0 Å². The molecule has 7 nitrogen and oxygen atoms in total. The minimum Gasteiger partial charge on any atom is -0.324 e. The lowest BCUT2D eigenvalue weighted by Crippen LogP contribution is -2.43. The second kappa shape index (κ2) is 6.75. The van der Waals surface area contributed by atoms with Crippen molar-refractivity contribution in [1.29, 1.82) is 0 Å². The van der Waals surface area contributed by atoms with Crippen LogP contribution in [0.5, 0.6) is 0 Å². The second-order valence-corrected chi connectivity index (χ2v) is 8.21. The van der Waals surface area contributed by atoms with Gasteiger partial charge in [-0.25, -0.2) is 17.8 Å². The smallest absolute Gasteiger partial charge is 0.245 e. The first-order valence-corrected chi connectivity index (χ1v) is 9.92. The zero-order chi connectivity index (χ0) is 19.0. The normalized spacial score (nSPS) is 18.0. The molecule has 1 aliphatic rings. The van der Waals surface area contributed by atoms with E-state index < -0.39 is 27.8 Å². The van der Waals surface area contributed by atoms with Gasteiger partial charge in [-0.3, -0.25) is 10.1 Å². The predicted octanol–water partition coefficient (Wildman–Crippen LogP) is 2.49. The summed E-state index contributed by atoms with van der Waals surface area (Å²) in [6.45, 7) is 0.234. The number of sulfonamides is 1. The van der Waals surface area contributed by atoms with Crippen LogP contribution >= 0.6 is 0 Å². The number of anilines is 1. The summed E-state index contributed by atoms with van der Waals surface area (Å²) >= 11 is 0. The fourth-order valence-corrected chi connectivity index (χ4v) is 4.90. The van der Waals surface area contributed by atoms with Crippen molar-refractivity contribution < 1.29 is 17.6 Å². The standard InChI is InChI=1S/C18H17FN4O3S/c19-12-7-9-13(10-8-12)27(25,26)23-11-3-6-16(23)17(24)22-18-20-14-4-1-2-5-15(14)21-18/h1-2,4-5,7-10,16H,3,6,11H2,(H2,20,21,22,24). The summed E-state index contributed by atoms with van der Waals surface area (Å²) in [5.74, 6) is -0.695. The molecule has 27 heavy (non-hydrogen) atoms. The van der Waals surface area contributed by atoms with Gasteiger partial charge >= 0.3 is 0 Å². The number of rotatable bonds is 4. The molecule has 2 heterocycles. The van der Waals surface area contributed by atoms with Crippen molar-refractivity contribution in [3.63, 3.8) is 0 Å². The van der Waals surface area contributed by atoms with Crippen molar-refractivity contribution in [2.45, 2.75) is 23.8 Å². The van der Waals surface area contributed by atoms with E-state index in [0.717, 1.165) is 22.0 Å². The molecule has 1 saturated heterocycles. The number of halogens is 1. The molecule has 1 amide bonds. The number of nitrogens with one attached hydrogen (secondary N) is 2. The molecule has 0 spiro atoms. The lowest BCUT2D eigenvalue weighted by atomic mass is 10.2. The van der Waals surface area contributed by atoms with E-state index in [0.29, 0.717) is 18.4 Å². The van der Waals surface area contributed by atoms with E-state index in [9.17, 15) is 17.6 Å². The molecule has 4 rings (SSSR count). The van der Waals surface area contributed by atoms with E-state index >= 15 is 0 Å². The molecule has 1 fully saturated rings. The lowest BCUT2D eigenvalue weighted by Gasteiger charge is -2.23. The van der Waals surface area contributed by atoms with Gasteiger partial charge in [0.05, 0.1) is 15.9 Å². The summed E-state index contributed by atoms with van der Waals surface area (Å²) in [7, 11) is -3.89. The Labute approximate surface area is 155 Å². The maximum absolute atomic E-state index is 13.1. The van der Waals surface area contributed by atoms with Crippen LogP contribution in [0.1, 0.15) is 12.8 Å². The largest absolute Gasteiger partial charge is 0.324 e. The molecular weight excluding hydrogens is 371 g/mol. The number of imidazole rings is 1. The maximum atomic E-state index is 13.1. The van der Waals surface area contributed by atoms with Crippen LogP contribution in [0, 0.1) is 5.82 Å². The van der Waals surface area contributed by atoms with Gasteiger partial charge in [-0.05, 0) is 49.2 Å². The van der Waals surface area contributed by atoms with Gasteiger partial charge in [0, 0.05) is 6.54 Å². The average Bonchev–Trinajstić information content (AvgIpc) is 3.29. The Balaban J connectivity index is 1.56. The first kappa shape index (κ1) is 17.6. The Morgan fingerprint density at radius 2 is 1.93 bits per heavy atom. The van der Waals surface area contributed by atoms with E-state index in [4.69, 9.17) is 0 Å². The van der Waals surface area contributed by atoms with Crippen molar-refractivity contribution >= 4 is 32.9 Å². The molecule has 0 bridgehead atoms. The van der Waals surface area contributed by atoms with Gasteiger partial charge in [0.25, 0.3) is 0 Å². The van der Waals surface area contributed by atoms with Gasteiger partial charge in [0.2, 0.25) is 21.9 Å². The summed E-state index contributed by atoms with van der Waals surface area (Å²) in [6, 6.07) is 11.1. The van der Waals surface area contributed by atoms with E-state index in [-0.39, 0.29) is 17.4 Å². The van der Waals surface area contributed by atoms with Gasteiger partial charge in [0.1, 0.15) is 11.9 Å². The number of fused-ring (bicyclic) bond motifs is 1. The number of hydrogen-bond acceptors (Lipinski definition) is 4. The van der Waals surface area contributed by atoms with Crippen molar-refractivity contribution in [1.82, 2.24) is 14.3 Å². The number of para-hydroxylation sites is 2. The van der Waals surface area contributed by atoms with Crippen LogP contribution in [0.2, 0.25) is 0 Å². The number of carbonyl (C=O) groups is 1. The molecule has 0 radical (unpaired) electrons. The molecule has 140 valence electrons. The number of amides is 1. The number of benzene rings is 2. The van der Waals surface area contributed by atoms with Crippen molar-refractivity contribution in [3.05, 3.63) is 54.3 Å². The van der Waals surface area contributed by atoms with Crippen molar-refractivity contribution in [3.8, 4) is 0 Å². The summed E-state index contributed by atoms with van der Waals surface area (Å²) in [5.41, 5.74) is 1.48. The zero-order valence-corrected chi connectivity index (χ0v) is 15.0. The van der Waals surface area contributed by atoms with E-state index in [1.54, 1.807) is 0 Å².